The van der Waals surface area contributed by atoms with Crippen LogP contribution in [0, 0.1) is 0 Å². The monoisotopic (exact) mass is 246 g/mol. The van der Waals surface area contributed by atoms with Gasteiger partial charge in [0.25, 0.3) is 0 Å². The van der Waals surface area contributed by atoms with E-state index >= 15 is 0 Å². The first-order valence-corrected chi connectivity index (χ1v) is 6.61. The lowest BCUT2D eigenvalue weighted by Crippen LogP contribution is -2.37. The average Bonchev–Trinajstić information content (AvgIpc) is 2.75. The van der Waals surface area contributed by atoms with E-state index in [4.69, 9.17) is 0 Å². The number of hydrogen-bond acceptors (Lipinski definition) is 3. The van der Waals surface area contributed by atoms with Gasteiger partial charge in [-0.3, -0.25) is 4.79 Å². The highest BCUT2D eigenvalue weighted by atomic mass is 16.1. The Morgan fingerprint density at radius 1 is 1.44 bits per heavy atom. The van der Waals surface area contributed by atoms with Crippen molar-refractivity contribution in [2.24, 2.45) is 0 Å². The number of Topliss-reactive ketones (excluding diaryl/α,β-unsaturated/α-hetero) is 1. The summed E-state index contributed by atoms with van der Waals surface area (Å²) in [6.45, 7) is 3.81. The zero-order valence-corrected chi connectivity index (χ0v) is 11.5. The molecule has 1 unspecified atom stereocenters. The summed E-state index contributed by atoms with van der Waals surface area (Å²) in [7, 11) is 4.26. The van der Waals surface area contributed by atoms with Crippen molar-refractivity contribution in [2.75, 3.05) is 32.1 Å². The Hall–Kier alpha value is -1.35. The third-order valence-corrected chi connectivity index (χ3v) is 3.85. The van der Waals surface area contributed by atoms with Crippen LogP contribution in [-0.2, 0) is 0 Å². The van der Waals surface area contributed by atoms with Crippen molar-refractivity contribution in [3.05, 3.63) is 29.8 Å². The Morgan fingerprint density at radius 2 is 2.17 bits per heavy atom. The van der Waals surface area contributed by atoms with E-state index in [0.29, 0.717) is 6.04 Å². The minimum absolute atomic E-state index is 0.136. The van der Waals surface area contributed by atoms with E-state index in [0.717, 1.165) is 17.8 Å². The van der Waals surface area contributed by atoms with E-state index in [-0.39, 0.29) is 5.78 Å². The number of hydrogen-bond donors (Lipinski definition) is 0. The second-order valence-corrected chi connectivity index (χ2v) is 5.23. The second-order valence-electron chi connectivity index (χ2n) is 5.23. The number of likely N-dealkylation sites (N-methyl/N-ethyl adjacent to an activating group) is 2. The first-order chi connectivity index (χ1) is 8.59. The molecular formula is C15H22N2O. The molecule has 2 rings (SSSR count). The van der Waals surface area contributed by atoms with Gasteiger partial charge in [0.2, 0.25) is 0 Å². The molecule has 1 aliphatic heterocycles. The predicted molar refractivity (Wildman–Crippen MR) is 75.4 cm³/mol. The van der Waals surface area contributed by atoms with Crippen molar-refractivity contribution in [3.63, 3.8) is 0 Å². The Labute approximate surface area is 109 Å². The average molecular weight is 246 g/mol. The van der Waals surface area contributed by atoms with Gasteiger partial charge in [-0.05, 0) is 45.5 Å². The highest BCUT2D eigenvalue weighted by molar-refractivity contribution is 5.99. The molecule has 0 saturated carbocycles. The molecule has 98 valence electrons. The van der Waals surface area contributed by atoms with Crippen molar-refractivity contribution >= 4 is 11.5 Å². The van der Waals surface area contributed by atoms with Crippen LogP contribution in [0.5, 0.6) is 0 Å². The number of ketones is 1. The van der Waals surface area contributed by atoms with E-state index in [1.807, 2.05) is 24.3 Å². The zero-order chi connectivity index (χ0) is 13.1. The fourth-order valence-corrected chi connectivity index (χ4v) is 2.73. The summed E-state index contributed by atoms with van der Waals surface area (Å²) in [5.41, 5.74) is 1.87. The van der Waals surface area contributed by atoms with Crippen LogP contribution >= 0.6 is 0 Å². The number of carbonyl (C=O) groups is 1. The van der Waals surface area contributed by atoms with Gasteiger partial charge < -0.3 is 9.80 Å². The van der Waals surface area contributed by atoms with E-state index in [1.165, 1.54) is 19.4 Å². The molecular weight excluding hydrogens is 224 g/mol. The fraction of sp³-hybridized carbons (Fsp3) is 0.533. The van der Waals surface area contributed by atoms with Crippen LogP contribution in [0.25, 0.3) is 0 Å². The summed E-state index contributed by atoms with van der Waals surface area (Å²) in [6, 6.07) is 8.47. The number of carbonyl (C=O) groups excluding carboxylic acids is 1. The Balaban J connectivity index is 2.13. The molecule has 18 heavy (non-hydrogen) atoms. The quantitative estimate of drug-likeness (QED) is 0.762. The van der Waals surface area contributed by atoms with Crippen LogP contribution in [0.4, 0.5) is 5.69 Å². The maximum atomic E-state index is 11.6. The molecule has 1 saturated heterocycles. The smallest absolute Gasteiger partial charge is 0.161 e. The summed E-state index contributed by atoms with van der Waals surface area (Å²) >= 11 is 0. The lowest BCUT2D eigenvalue weighted by atomic mass is 10.1. The van der Waals surface area contributed by atoms with Crippen molar-refractivity contribution in [1.82, 2.24) is 4.90 Å². The van der Waals surface area contributed by atoms with E-state index in [1.54, 1.807) is 6.92 Å². The topological polar surface area (TPSA) is 23.6 Å². The number of anilines is 1. The van der Waals surface area contributed by atoms with Crippen LogP contribution in [0.15, 0.2) is 24.3 Å². The number of rotatable bonds is 4. The minimum atomic E-state index is 0.136. The Kier molecular flexibility index (Phi) is 4.02. The molecule has 1 heterocycles. The molecule has 0 amide bonds. The third-order valence-electron chi connectivity index (χ3n) is 3.85. The highest BCUT2D eigenvalue weighted by Crippen LogP contribution is 2.22. The third kappa shape index (κ3) is 2.72. The van der Waals surface area contributed by atoms with Gasteiger partial charge in [0, 0.05) is 30.9 Å². The maximum Gasteiger partial charge on any atom is 0.161 e. The van der Waals surface area contributed by atoms with Crippen LogP contribution in [0.3, 0.4) is 0 Å². The zero-order valence-electron chi connectivity index (χ0n) is 11.5. The summed E-state index contributed by atoms with van der Waals surface area (Å²) in [5.74, 6) is 0.136. The molecule has 1 aromatic carbocycles. The molecule has 0 spiro atoms. The summed E-state index contributed by atoms with van der Waals surface area (Å²) < 4.78 is 0. The van der Waals surface area contributed by atoms with Gasteiger partial charge in [0.05, 0.1) is 0 Å². The molecule has 3 nitrogen and oxygen atoms in total. The SMILES string of the molecule is CC(=O)c1ccccc1N(C)CC1CCCN1C. The van der Waals surface area contributed by atoms with Crippen molar-refractivity contribution in [3.8, 4) is 0 Å². The van der Waals surface area contributed by atoms with Gasteiger partial charge in [-0.25, -0.2) is 0 Å². The Bertz CT molecular complexity index is 430. The van der Waals surface area contributed by atoms with Gasteiger partial charge in [-0.15, -0.1) is 0 Å². The summed E-state index contributed by atoms with van der Waals surface area (Å²) in [5, 5.41) is 0. The van der Waals surface area contributed by atoms with Crippen LogP contribution in [0.2, 0.25) is 0 Å². The normalized spacial score (nSPS) is 20.1. The van der Waals surface area contributed by atoms with Crippen molar-refractivity contribution < 1.29 is 4.79 Å². The van der Waals surface area contributed by atoms with Gasteiger partial charge in [0.1, 0.15) is 0 Å². The summed E-state index contributed by atoms with van der Waals surface area (Å²) in [6.07, 6.45) is 2.53. The summed E-state index contributed by atoms with van der Waals surface area (Å²) in [4.78, 5) is 16.3. The van der Waals surface area contributed by atoms with Crippen LogP contribution < -0.4 is 4.90 Å². The predicted octanol–water partition coefficient (Wildman–Crippen LogP) is 2.42. The van der Waals surface area contributed by atoms with Gasteiger partial charge in [-0.1, -0.05) is 12.1 Å². The molecule has 0 N–H and O–H groups in total. The molecule has 1 aromatic rings. The molecule has 3 heteroatoms. The molecule has 1 fully saturated rings. The van der Waals surface area contributed by atoms with E-state index in [9.17, 15) is 4.79 Å². The molecule has 1 atom stereocenters. The van der Waals surface area contributed by atoms with Crippen LogP contribution in [-0.4, -0.2) is 43.9 Å². The first-order valence-electron chi connectivity index (χ1n) is 6.61. The first kappa shape index (κ1) is 13.1. The number of benzene rings is 1. The van der Waals surface area contributed by atoms with Crippen LogP contribution in [0.1, 0.15) is 30.1 Å². The van der Waals surface area contributed by atoms with Gasteiger partial charge >= 0.3 is 0 Å². The molecule has 0 radical (unpaired) electrons. The fourth-order valence-electron chi connectivity index (χ4n) is 2.73. The lowest BCUT2D eigenvalue weighted by molar-refractivity contribution is 0.101. The second kappa shape index (κ2) is 5.53. The van der Waals surface area contributed by atoms with E-state index < -0.39 is 0 Å². The highest BCUT2D eigenvalue weighted by Gasteiger charge is 2.23. The molecule has 0 aromatic heterocycles. The Morgan fingerprint density at radius 3 is 2.78 bits per heavy atom. The van der Waals surface area contributed by atoms with Gasteiger partial charge in [-0.2, -0.15) is 0 Å². The standard InChI is InChI=1S/C15H22N2O/c1-12(18)14-8-4-5-9-15(14)17(3)11-13-7-6-10-16(13)2/h4-5,8-9,13H,6-7,10-11H2,1-3H3. The minimum Gasteiger partial charge on any atom is -0.372 e. The molecule has 0 aliphatic carbocycles. The van der Waals surface area contributed by atoms with Crippen molar-refractivity contribution in [1.29, 1.82) is 0 Å². The number of nitrogens with zero attached hydrogens (tertiary/aromatic N) is 2. The van der Waals surface area contributed by atoms with Crippen molar-refractivity contribution in [2.45, 2.75) is 25.8 Å². The van der Waals surface area contributed by atoms with Gasteiger partial charge in [0.15, 0.2) is 5.78 Å². The number of likely N-dealkylation sites (tertiary alicyclic amines) is 1. The molecule has 1 aliphatic rings. The largest absolute Gasteiger partial charge is 0.372 e. The van der Waals surface area contributed by atoms with E-state index in [2.05, 4.69) is 23.9 Å². The number of para-hydroxylation sites is 1. The maximum absolute atomic E-state index is 11.6. The lowest BCUT2D eigenvalue weighted by Gasteiger charge is -2.28. The molecule has 0 bridgehead atoms.